The Kier molecular flexibility index (Phi) is 4.98. The summed E-state index contributed by atoms with van der Waals surface area (Å²) in [5, 5.41) is 0.108. The number of anilines is 1. The van der Waals surface area contributed by atoms with Crippen molar-refractivity contribution in [2.75, 3.05) is 11.4 Å². The highest BCUT2D eigenvalue weighted by molar-refractivity contribution is 6.30. The van der Waals surface area contributed by atoms with Gasteiger partial charge in [0.05, 0.1) is 17.5 Å². The SMILES string of the molecule is C[C@@H]1[C@H]2CC[C@@H](CN1c1nc(Cl)nc3c(F)c(Cl)ncc13)N2C(=O)OC(C)(C)C. The molecule has 0 unspecified atom stereocenters. The molecular weight excluding hydrogens is 420 g/mol. The number of aromatic nitrogens is 3. The lowest BCUT2D eigenvalue weighted by Crippen LogP contribution is -2.61. The van der Waals surface area contributed by atoms with Crippen LogP contribution in [0, 0.1) is 5.82 Å². The van der Waals surface area contributed by atoms with Gasteiger partial charge in [-0.3, -0.25) is 4.90 Å². The first-order valence-electron chi connectivity index (χ1n) is 9.52. The maximum absolute atomic E-state index is 14.5. The van der Waals surface area contributed by atoms with Gasteiger partial charge in [0, 0.05) is 18.8 Å². The smallest absolute Gasteiger partial charge is 0.410 e. The van der Waals surface area contributed by atoms with E-state index >= 15 is 0 Å². The minimum Gasteiger partial charge on any atom is -0.444 e. The number of piperazine rings is 1. The summed E-state index contributed by atoms with van der Waals surface area (Å²) in [6.07, 6.45) is 2.87. The number of carbonyl (C=O) groups is 1. The van der Waals surface area contributed by atoms with Crippen LogP contribution in [0.1, 0.15) is 40.5 Å². The predicted molar refractivity (Wildman–Crippen MR) is 109 cm³/mol. The lowest BCUT2D eigenvalue weighted by molar-refractivity contribution is 0.00834. The molecule has 10 heteroatoms. The number of carbonyl (C=O) groups excluding carboxylic acids is 1. The molecular formula is C19H22Cl2FN5O2. The number of amides is 1. The third kappa shape index (κ3) is 3.57. The largest absolute Gasteiger partial charge is 0.444 e. The zero-order valence-corrected chi connectivity index (χ0v) is 18.1. The number of halogens is 3. The molecule has 3 atom stereocenters. The molecule has 29 heavy (non-hydrogen) atoms. The molecule has 2 saturated heterocycles. The summed E-state index contributed by atoms with van der Waals surface area (Å²) in [4.78, 5) is 28.9. The zero-order valence-electron chi connectivity index (χ0n) is 16.6. The Hall–Kier alpha value is -1.93. The first-order valence-corrected chi connectivity index (χ1v) is 10.3. The van der Waals surface area contributed by atoms with Crippen LogP contribution in [0.3, 0.4) is 0 Å². The standard InChI is InChI=1S/C19H22Cl2FN5O2/c1-9-12-6-5-10(27(12)18(28)29-19(2,3)4)8-26(9)16-11-7-23-15(20)13(22)14(11)24-17(21)25-16/h7,9-10,12H,5-6,8H2,1-4H3/t9-,10+,12-/m1/s1. The number of hydrogen-bond acceptors (Lipinski definition) is 6. The topological polar surface area (TPSA) is 71.5 Å². The van der Waals surface area contributed by atoms with Gasteiger partial charge >= 0.3 is 6.09 Å². The van der Waals surface area contributed by atoms with Crippen LogP contribution >= 0.6 is 23.2 Å². The van der Waals surface area contributed by atoms with Crippen molar-refractivity contribution in [2.45, 2.75) is 64.3 Å². The van der Waals surface area contributed by atoms with E-state index in [1.54, 1.807) is 0 Å². The number of ether oxygens (including phenoxy) is 1. The summed E-state index contributed by atoms with van der Waals surface area (Å²) in [6, 6.07) is -0.147. The van der Waals surface area contributed by atoms with Gasteiger partial charge in [-0.25, -0.2) is 19.2 Å². The number of rotatable bonds is 1. The van der Waals surface area contributed by atoms with Crippen molar-refractivity contribution in [3.05, 3.63) is 22.5 Å². The normalized spacial score (nSPS) is 24.3. The van der Waals surface area contributed by atoms with Crippen molar-refractivity contribution in [3.63, 3.8) is 0 Å². The van der Waals surface area contributed by atoms with Gasteiger partial charge in [0.15, 0.2) is 11.0 Å². The van der Waals surface area contributed by atoms with Gasteiger partial charge < -0.3 is 9.64 Å². The van der Waals surface area contributed by atoms with E-state index < -0.39 is 11.4 Å². The van der Waals surface area contributed by atoms with Crippen LogP contribution in [0.4, 0.5) is 15.0 Å². The van der Waals surface area contributed by atoms with Gasteiger partial charge in [0.2, 0.25) is 5.28 Å². The molecule has 2 bridgehead atoms. The van der Waals surface area contributed by atoms with E-state index in [1.165, 1.54) is 6.20 Å². The van der Waals surface area contributed by atoms with Crippen molar-refractivity contribution >= 4 is 46.0 Å². The van der Waals surface area contributed by atoms with Gasteiger partial charge in [-0.05, 0) is 52.1 Å². The highest BCUT2D eigenvalue weighted by Crippen LogP contribution is 2.39. The molecule has 4 rings (SSSR count). The molecule has 0 radical (unpaired) electrons. The van der Waals surface area contributed by atoms with E-state index in [4.69, 9.17) is 27.9 Å². The van der Waals surface area contributed by atoms with Crippen LogP contribution in [0.15, 0.2) is 6.20 Å². The molecule has 2 aromatic rings. The average Bonchev–Trinajstić information content (AvgIpc) is 2.97. The van der Waals surface area contributed by atoms with Gasteiger partial charge in [-0.15, -0.1) is 0 Å². The van der Waals surface area contributed by atoms with E-state index in [0.717, 1.165) is 12.8 Å². The zero-order chi connectivity index (χ0) is 21.1. The molecule has 1 amide bonds. The van der Waals surface area contributed by atoms with E-state index in [0.29, 0.717) is 17.7 Å². The second kappa shape index (κ2) is 7.09. The van der Waals surface area contributed by atoms with Crippen LogP contribution in [-0.4, -0.2) is 56.2 Å². The van der Waals surface area contributed by atoms with E-state index in [1.807, 2.05) is 37.5 Å². The highest BCUT2D eigenvalue weighted by atomic mass is 35.5. The summed E-state index contributed by atoms with van der Waals surface area (Å²) in [7, 11) is 0. The van der Waals surface area contributed by atoms with Crippen LogP contribution < -0.4 is 4.90 Å². The van der Waals surface area contributed by atoms with E-state index in [9.17, 15) is 9.18 Å². The van der Waals surface area contributed by atoms with Crippen LogP contribution in [-0.2, 0) is 4.74 Å². The van der Waals surface area contributed by atoms with Gasteiger partial charge in [-0.1, -0.05) is 11.6 Å². The van der Waals surface area contributed by atoms with E-state index in [2.05, 4.69) is 15.0 Å². The fraction of sp³-hybridized carbons (Fsp3) is 0.579. The molecule has 4 heterocycles. The maximum atomic E-state index is 14.5. The number of nitrogens with zero attached hydrogens (tertiary/aromatic N) is 5. The highest BCUT2D eigenvalue weighted by Gasteiger charge is 2.48. The quantitative estimate of drug-likeness (QED) is 0.480. The first kappa shape index (κ1) is 20.3. The van der Waals surface area contributed by atoms with Gasteiger partial charge in [0.1, 0.15) is 16.9 Å². The molecule has 0 spiro atoms. The minimum atomic E-state index is -0.724. The Morgan fingerprint density at radius 2 is 2.00 bits per heavy atom. The molecule has 156 valence electrons. The first-order chi connectivity index (χ1) is 13.6. The van der Waals surface area contributed by atoms with Gasteiger partial charge in [0.25, 0.3) is 0 Å². The monoisotopic (exact) mass is 441 g/mol. The van der Waals surface area contributed by atoms with Gasteiger partial charge in [-0.2, -0.15) is 4.98 Å². The Morgan fingerprint density at radius 3 is 2.69 bits per heavy atom. The number of hydrogen-bond donors (Lipinski definition) is 0. The van der Waals surface area contributed by atoms with Crippen molar-refractivity contribution in [2.24, 2.45) is 0 Å². The predicted octanol–water partition coefficient (Wildman–Crippen LogP) is 4.45. The molecule has 0 aromatic carbocycles. The van der Waals surface area contributed by atoms with E-state index in [-0.39, 0.29) is 40.2 Å². The molecule has 2 aliphatic rings. The molecule has 0 N–H and O–H groups in total. The number of fused-ring (bicyclic) bond motifs is 3. The fourth-order valence-electron chi connectivity index (χ4n) is 4.26. The second-order valence-electron chi connectivity index (χ2n) is 8.52. The summed E-state index contributed by atoms with van der Waals surface area (Å²) < 4.78 is 20.1. The Labute approximate surface area is 178 Å². The summed E-state index contributed by atoms with van der Waals surface area (Å²) in [5.41, 5.74) is -0.524. The van der Waals surface area contributed by atoms with Crippen LogP contribution in [0.2, 0.25) is 10.4 Å². The third-order valence-electron chi connectivity index (χ3n) is 5.47. The summed E-state index contributed by atoms with van der Waals surface area (Å²) >= 11 is 11.9. The molecule has 7 nitrogen and oxygen atoms in total. The molecule has 2 aliphatic heterocycles. The maximum Gasteiger partial charge on any atom is 0.410 e. The average molecular weight is 442 g/mol. The van der Waals surface area contributed by atoms with Crippen LogP contribution in [0.25, 0.3) is 10.9 Å². The van der Waals surface area contributed by atoms with Crippen molar-refractivity contribution < 1.29 is 13.9 Å². The van der Waals surface area contributed by atoms with Crippen molar-refractivity contribution in [3.8, 4) is 0 Å². The Bertz CT molecular complexity index is 983. The second-order valence-corrected chi connectivity index (χ2v) is 9.22. The fourth-order valence-corrected chi connectivity index (χ4v) is 4.56. The molecule has 0 saturated carbocycles. The number of pyridine rings is 1. The molecule has 0 aliphatic carbocycles. The summed E-state index contributed by atoms with van der Waals surface area (Å²) in [6.45, 7) is 8.12. The molecule has 2 fully saturated rings. The third-order valence-corrected chi connectivity index (χ3v) is 5.91. The molecule has 2 aromatic heterocycles. The van der Waals surface area contributed by atoms with Crippen molar-refractivity contribution in [1.82, 2.24) is 19.9 Å². The van der Waals surface area contributed by atoms with Crippen molar-refractivity contribution in [1.29, 1.82) is 0 Å². The summed E-state index contributed by atoms with van der Waals surface area (Å²) in [5.74, 6) is -0.228. The minimum absolute atomic E-state index is 0.0278. The lowest BCUT2D eigenvalue weighted by atomic mass is 10.0. The lowest BCUT2D eigenvalue weighted by Gasteiger charge is -2.46. The Balaban J connectivity index is 1.71. The Morgan fingerprint density at radius 1 is 1.28 bits per heavy atom. The van der Waals surface area contributed by atoms with Crippen LogP contribution in [0.5, 0.6) is 0 Å².